The largest absolute Gasteiger partial charge is 0.497 e. The van der Waals surface area contributed by atoms with Crippen molar-refractivity contribution in [1.82, 2.24) is 0 Å². The van der Waals surface area contributed by atoms with Gasteiger partial charge in [0.1, 0.15) is 41.5 Å². The van der Waals surface area contributed by atoms with Gasteiger partial charge >= 0.3 is 0 Å². The highest BCUT2D eigenvalue weighted by molar-refractivity contribution is 7.87. The Balaban J connectivity index is 0.000000172. The summed E-state index contributed by atoms with van der Waals surface area (Å²) in [5.41, 5.74) is 10.6. The van der Waals surface area contributed by atoms with Gasteiger partial charge < -0.3 is 34.6 Å². The van der Waals surface area contributed by atoms with Gasteiger partial charge in [-0.25, -0.2) is 0 Å². The molecule has 0 amide bonds. The molecule has 3 aliphatic rings. The monoisotopic (exact) mass is 1700 g/mol. The molecule has 0 spiro atoms. The van der Waals surface area contributed by atoms with E-state index in [1.807, 2.05) is 63.3 Å². The summed E-state index contributed by atoms with van der Waals surface area (Å²) in [7, 11) is -5.05. The van der Waals surface area contributed by atoms with E-state index in [0.717, 1.165) is 73.3 Å². The fraction of sp³-hybridized carbons (Fsp3) is 0.284. The van der Waals surface area contributed by atoms with Gasteiger partial charge in [0.05, 0.1) is 41.8 Å². The highest BCUT2D eigenvalue weighted by atomic mass is 32.2. The second-order valence-corrected chi connectivity index (χ2v) is 36.0. The number of methoxy groups -OCH3 is 2. The predicted molar refractivity (Wildman–Crippen MR) is 508 cm³/mol. The Morgan fingerprint density at radius 2 is 0.758 bits per heavy atom. The van der Waals surface area contributed by atoms with Crippen molar-refractivity contribution < 1.29 is 59.8 Å². The van der Waals surface area contributed by atoms with Crippen LogP contribution in [-0.2, 0) is 75.8 Å². The van der Waals surface area contributed by atoms with Crippen LogP contribution in [0.4, 0.5) is 0 Å². The molecule has 13 nitrogen and oxygen atoms in total. The lowest BCUT2D eigenvalue weighted by atomic mass is 9.74. The number of rotatable bonds is 31. The van der Waals surface area contributed by atoms with Crippen LogP contribution in [0.15, 0.2) is 334 Å². The third kappa shape index (κ3) is 28.8. The molecule has 1 aliphatic heterocycles. The van der Waals surface area contributed by atoms with E-state index in [1.54, 1.807) is 133 Å². The Bertz CT molecular complexity index is 5240. The van der Waals surface area contributed by atoms with Crippen LogP contribution in [0.1, 0.15) is 175 Å². The van der Waals surface area contributed by atoms with Gasteiger partial charge in [-0.05, 0) is 215 Å². The summed E-state index contributed by atoms with van der Waals surface area (Å²) in [6.07, 6.45) is 27.7. The van der Waals surface area contributed by atoms with Crippen molar-refractivity contribution in [3.05, 3.63) is 408 Å². The first-order chi connectivity index (χ1) is 59.5. The molecule has 4 N–H and O–H groups in total. The summed E-state index contributed by atoms with van der Waals surface area (Å²) < 4.78 is 77.3. The van der Waals surface area contributed by atoms with Crippen molar-refractivity contribution >= 4 is 56.7 Å². The topological polar surface area (TPSA) is 199 Å². The Labute approximate surface area is 738 Å². The zero-order chi connectivity index (χ0) is 89.2. The first-order valence-corrected chi connectivity index (χ1v) is 45.4. The molecule has 124 heavy (non-hydrogen) atoms. The molecule has 2 unspecified atom stereocenters. The average Bonchev–Trinajstić information content (AvgIpc) is 1.64. The van der Waals surface area contributed by atoms with E-state index in [0.29, 0.717) is 39.7 Å². The van der Waals surface area contributed by atoms with Crippen molar-refractivity contribution in [2.75, 3.05) is 34.0 Å². The van der Waals surface area contributed by atoms with Crippen LogP contribution in [0.3, 0.4) is 0 Å². The molecule has 15 heteroatoms. The minimum Gasteiger partial charge on any atom is -0.497 e. The summed E-state index contributed by atoms with van der Waals surface area (Å²) in [6, 6.07) is 88.3. The van der Waals surface area contributed by atoms with Crippen molar-refractivity contribution in [2.45, 2.75) is 155 Å². The maximum atomic E-state index is 12.7. The first-order valence-electron chi connectivity index (χ1n) is 42.6. The van der Waals surface area contributed by atoms with E-state index < -0.39 is 55.9 Å². The fourth-order valence-electron chi connectivity index (χ4n) is 15.0. The maximum Gasteiger partial charge on any atom is 0.297 e. The normalized spacial score (nSPS) is 16.5. The molecule has 0 aromatic heterocycles. The van der Waals surface area contributed by atoms with E-state index in [2.05, 4.69) is 168 Å². The van der Waals surface area contributed by atoms with Crippen molar-refractivity contribution in [1.29, 1.82) is 0 Å². The van der Waals surface area contributed by atoms with E-state index >= 15 is 0 Å². The standard InChI is InChI=1S/C24H24O6S.C22H20O4S.C18H18O.C16H22O.C15H20.C14H20O/c1-4-18-5-15-23(16-6-18)31(26,27)30-17-24(25,19-7-11-21(28-2)12-8-19)20-9-13-22(29-3)14-10-20;1-2-18-13-15-21(16-14-18)27(24,25)26-17-22(23,19-9-5-3-6-10-19)20-11-7-4-8-12-20;1-2-15-8-10-16(11-9-15)12-13-18(14-19-18)17-6-4-3-5-7-17;1-3-13-7-9-14(10-8-13)12-15-6-4-5-11-16(15,2)17;1-2-13-8-10-15(11-9-13)12-14-6-4-3-5-7-14;1-5-12-6-8-13(9-7-12)10-11(2)14(3,4)15/h4-16,25H,1,17H2,2-3H3;2-16,23H,1,17H2;2-11H,1,12-14H2;3,7-10,15,17H,1,4-6,11-12H2,2H3;2,8-11,14H,1,3-7,12H2;5-9,11,15H,1,10H2,2-4H3/t;;;15-,16-;;/m...1../s1. The van der Waals surface area contributed by atoms with Crippen LogP contribution >= 0.6 is 0 Å². The van der Waals surface area contributed by atoms with Crippen LogP contribution < -0.4 is 9.47 Å². The number of aliphatic hydroxyl groups is 4. The highest BCUT2D eigenvalue weighted by Crippen LogP contribution is 2.43. The van der Waals surface area contributed by atoms with E-state index in [9.17, 15) is 37.3 Å². The number of hydrogen-bond donors (Lipinski definition) is 4. The van der Waals surface area contributed by atoms with E-state index in [4.69, 9.17) is 22.6 Å². The Hall–Kier alpha value is -10.9. The Morgan fingerprint density at radius 1 is 0.427 bits per heavy atom. The molecule has 4 atom stereocenters. The molecule has 650 valence electrons. The van der Waals surface area contributed by atoms with Gasteiger partial charge in [0.15, 0.2) is 0 Å². The number of benzene rings is 11. The van der Waals surface area contributed by atoms with Gasteiger partial charge in [-0.3, -0.25) is 8.37 Å². The second kappa shape index (κ2) is 46.7. The number of hydrogen-bond acceptors (Lipinski definition) is 13. The van der Waals surface area contributed by atoms with E-state index in [-0.39, 0.29) is 21.3 Å². The van der Waals surface area contributed by atoms with Crippen LogP contribution in [-0.4, -0.2) is 82.5 Å². The summed E-state index contributed by atoms with van der Waals surface area (Å²) in [5, 5.41) is 43.1. The molecule has 0 bridgehead atoms. The highest BCUT2D eigenvalue weighted by Gasteiger charge is 2.46. The lowest BCUT2D eigenvalue weighted by molar-refractivity contribution is -0.0314. The van der Waals surface area contributed by atoms with Gasteiger partial charge in [-0.1, -0.05) is 364 Å². The average molecular weight is 1710 g/mol. The second-order valence-electron chi connectivity index (χ2n) is 32.8. The van der Waals surface area contributed by atoms with Crippen molar-refractivity contribution in [2.24, 2.45) is 17.8 Å². The third-order valence-corrected chi connectivity index (χ3v) is 26.2. The molecule has 1 saturated heterocycles. The molecular weight excluding hydrogens is 1580 g/mol. The molecule has 2 aliphatic carbocycles. The molecule has 14 rings (SSSR count). The van der Waals surface area contributed by atoms with E-state index in [1.165, 1.54) is 129 Å². The smallest absolute Gasteiger partial charge is 0.297 e. The van der Waals surface area contributed by atoms with Crippen molar-refractivity contribution in [3.63, 3.8) is 0 Å². The third-order valence-electron chi connectivity index (χ3n) is 23.6. The number of aryl methyl sites for hydroxylation is 1. The summed E-state index contributed by atoms with van der Waals surface area (Å²) >= 11 is 0. The predicted octanol–water partition coefficient (Wildman–Crippen LogP) is 23.7. The SMILES string of the molecule is C=Cc1ccc(CC(C)C(C)(C)O)cc1.C=Cc1ccc(CC2CCCCC2)cc1.C=Cc1ccc(CCC2(c3ccccc3)CO2)cc1.C=Cc1ccc(C[C@H]2CCCC[C@@]2(C)O)cc1.C=Cc1ccc(S(=O)(=O)OCC(O)(c2ccc(OC)cc2)c2ccc(OC)cc2)cc1.C=Cc1ccc(S(=O)(=O)OCC(O)(c2ccccc2)c2ccccc2)cc1. The summed E-state index contributed by atoms with van der Waals surface area (Å²) in [5.74, 6) is 2.82. The Kier molecular flexibility index (Phi) is 36.5. The summed E-state index contributed by atoms with van der Waals surface area (Å²) in [4.78, 5) is 0.0153. The molecule has 2 saturated carbocycles. The molecule has 11 aromatic rings. The lowest BCUT2D eigenvalue weighted by Gasteiger charge is -2.37. The first kappa shape index (κ1) is 96.9. The summed E-state index contributed by atoms with van der Waals surface area (Å²) in [6.45, 7) is 30.0. The lowest BCUT2D eigenvalue weighted by Crippen LogP contribution is -2.38. The quantitative estimate of drug-likeness (QED) is 0.0237. The fourth-order valence-corrected chi connectivity index (χ4v) is 16.8. The molecule has 1 heterocycles. The molecule has 3 fully saturated rings. The van der Waals surface area contributed by atoms with Crippen LogP contribution in [0.25, 0.3) is 36.5 Å². The van der Waals surface area contributed by atoms with Gasteiger partial charge in [-0.2, -0.15) is 16.8 Å². The maximum absolute atomic E-state index is 12.7. The molecule has 11 aromatic carbocycles. The van der Waals surface area contributed by atoms with Gasteiger partial charge in [0.25, 0.3) is 20.2 Å². The van der Waals surface area contributed by atoms with Gasteiger partial charge in [0.2, 0.25) is 0 Å². The van der Waals surface area contributed by atoms with Crippen LogP contribution in [0, 0.1) is 17.8 Å². The Morgan fingerprint density at radius 3 is 1.10 bits per heavy atom. The van der Waals surface area contributed by atoms with Crippen LogP contribution in [0.5, 0.6) is 11.5 Å². The van der Waals surface area contributed by atoms with Gasteiger partial charge in [-0.15, -0.1) is 0 Å². The van der Waals surface area contributed by atoms with Crippen molar-refractivity contribution in [3.8, 4) is 11.5 Å². The van der Waals surface area contributed by atoms with Gasteiger partial charge in [0, 0.05) is 0 Å². The minimum atomic E-state index is -4.10. The van der Waals surface area contributed by atoms with Crippen LogP contribution in [0.2, 0.25) is 0 Å². The zero-order valence-electron chi connectivity index (χ0n) is 72.9. The minimum absolute atomic E-state index is 0.00934. The number of ether oxygens (including phenoxy) is 3. The zero-order valence-corrected chi connectivity index (χ0v) is 74.5. The number of epoxide rings is 1. The molecule has 0 radical (unpaired) electrons. The molecular formula is C109H124O13S2.